The van der Waals surface area contributed by atoms with Crippen LogP contribution in [0.1, 0.15) is 139 Å². The van der Waals surface area contributed by atoms with E-state index in [1.165, 1.54) is 30.5 Å². The summed E-state index contributed by atoms with van der Waals surface area (Å²) >= 11 is 7.97. The lowest BCUT2D eigenvalue weighted by Gasteiger charge is -2.35. The van der Waals surface area contributed by atoms with Crippen molar-refractivity contribution in [1.82, 2.24) is 35.0 Å². The van der Waals surface area contributed by atoms with E-state index >= 15 is 0 Å². The highest BCUT2D eigenvalue weighted by Gasteiger charge is 2.40. The molecule has 0 aliphatic carbocycles. The second-order valence-electron chi connectivity index (χ2n) is 23.5. The number of amides is 2. The number of halogens is 11. The topological polar surface area (TPSA) is 332 Å². The van der Waals surface area contributed by atoms with Crippen molar-refractivity contribution in [1.29, 1.82) is 0 Å². The number of hydrogen-bond acceptors (Lipinski definition) is 16. The molecule has 5 aromatic carbocycles. The minimum atomic E-state index is -1.66. The van der Waals surface area contributed by atoms with Gasteiger partial charge < -0.3 is 53.6 Å². The molecule has 0 fully saturated rings. The third kappa shape index (κ3) is 17.4. The molecule has 0 bridgehead atoms. The average Bonchev–Trinajstić information content (AvgIpc) is 1.44. The molecule has 15 N–H and O–H groups in total. The van der Waals surface area contributed by atoms with Crippen molar-refractivity contribution >= 4 is 96.7 Å². The van der Waals surface area contributed by atoms with Gasteiger partial charge in [-0.3, -0.25) is 28.9 Å². The highest BCUT2D eigenvalue weighted by Crippen LogP contribution is 2.42. The summed E-state index contributed by atoms with van der Waals surface area (Å²) in [5, 5.41) is 50.5. The van der Waals surface area contributed by atoms with E-state index < -0.39 is 103 Å². The monoisotopic (exact) mass is 1420 g/mol. The van der Waals surface area contributed by atoms with Crippen molar-refractivity contribution in [2.75, 3.05) is 37.6 Å². The number of nitrogen functional groups attached to an aromatic ring is 1. The molecule has 2 aromatic heterocycles. The fourth-order valence-electron chi connectivity index (χ4n) is 8.74. The Bertz CT molecular complexity index is 3990. The first-order chi connectivity index (χ1) is 43.4. The van der Waals surface area contributed by atoms with Gasteiger partial charge in [-0.1, -0.05) is 33.0 Å². The van der Waals surface area contributed by atoms with Crippen LogP contribution in [0.15, 0.2) is 59.1 Å². The third-order valence-corrected chi connectivity index (χ3v) is 14.9. The number of aliphatic carboxylic acids is 1. The van der Waals surface area contributed by atoms with E-state index in [1.807, 2.05) is 47.0 Å². The van der Waals surface area contributed by atoms with Crippen molar-refractivity contribution in [2.45, 2.75) is 137 Å². The summed E-state index contributed by atoms with van der Waals surface area (Å²) in [7, 11) is 0. The maximum Gasteiger partial charge on any atom is 0.341 e. The van der Waals surface area contributed by atoms with Crippen LogP contribution in [0.5, 0.6) is 0 Å². The first kappa shape index (κ1) is 75.6. The van der Waals surface area contributed by atoms with Gasteiger partial charge in [0, 0.05) is 62.6 Å². The summed E-state index contributed by atoms with van der Waals surface area (Å²) in [5.74, 6) is -3.78. The van der Waals surface area contributed by atoms with E-state index in [2.05, 4.69) is 74.1 Å². The van der Waals surface area contributed by atoms with Crippen LogP contribution in [0.3, 0.4) is 0 Å². The Morgan fingerprint density at radius 3 is 1.40 bits per heavy atom. The molecule has 11 rings (SSSR count). The van der Waals surface area contributed by atoms with Gasteiger partial charge in [0.05, 0.1) is 50.7 Å². The van der Waals surface area contributed by atoms with Gasteiger partial charge in [0.25, 0.3) is 0 Å². The predicted octanol–water partition coefficient (Wildman–Crippen LogP) is 13.2. The number of carbonyl (C=O) groups is 4. The summed E-state index contributed by atoms with van der Waals surface area (Å²) in [5.41, 5.74) is 9.17. The van der Waals surface area contributed by atoms with Crippen molar-refractivity contribution in [3.05, 3.63) is 146 Å². The number of thiocarbonyl (C=S) groups is 1. The maximum atomic E-state index is 14.7. The van der Waals surface area contributed by atoms with E-state index in [-0.39, 0.29) is 64.7 Å². The van der Waals surface area contributed by atoms with Gasteiger partial charge in [0.2, 0.25) is 11.8 Å². The molecular formula is C60H81BrF10N16O6S. The Morgan fingerprint density at radius 2 is 0.989 bits per heavy atom. The SMILES string of the molecule is CC(C)(N)C(=O)O.CC1(C)Nc2cc(F)cc(F)c2NC1=O.CC1(C)Nc2cc(F)cc(F)c2NC1=S.CCC(=O)NN.CCc1nnc2n1-c1c(F)cc(F)cc1NC2(C)C.CCc1nnc2n1-c1c(cc(F)c(C(=O)O)c1F)NC2(C)C.Nc1c(F)cc(F)cc1Br.[HH].[HH].[HH].[HH].[HH].[HH]. The molecule has 0 spiro atoms. The number of rotatable bonds is 5. The Kier molecular flexibility index (Phi) is 23.7. The van der Waals surface area contributed by atoms with Crippen molar-refractivity contribution < 1.29 is 81.9 Å². The second kappa shape index (κ2) is 29.4. The number of hydrazine groups is 1. The molecule has 0 atom stereocenters. The number of carboxylic acids is 2. The molecule has 0 unspecified atom stereocenters. The van der Waals surface area contributed by atoms with Crippen LogP contribution < -0.4 is 54.6 Å². The fourth-order valence-corrected chi connectivity index (χ4v) is 9.30. The maximum absolute atomic E-state index is 14.7. The van der Waals surface area contributed by atoms with Crippen LogP contribution in [-0.2, 0) is 38.3 Å². The van der Waals surface area contributed by atoms with Crippen molar-refractivity contribution in [2.24, 2.45) is 11.6 Å². The Labute approximate surface area is 555 Å². The molecule has 0 saturated carbocycles. The summed E-state index contributed by atoms with van der Waals surface area (Å²) in [6, 6.07) is 8.97. The zero-order chi connectivity index (χ0) is 71.2. The number of fused-ring (bicyclic) bond motifs is 8. The van der Waals surface area contributed by atoms with Gasteiger partial charge in [-0.2, -0.15) is 0 Å². The molecule has 22 nitrogen and oxygen atoms in total. The van der Waals surface area contributed by atoms with Gasteiger partial charge in [-0.05, 0) is 109 Å². The average molecular weight is 1420 g/mol. The molecule has 34 heteroatoms. The van der Waals surface area contributed by atoms with E-state index in [1.54, 1.807) is 39.2 Å². The van der Waals surface area contributed by atoms with Gasteiger partial charge >= 0.3 is 11.9 Å². The van der Waals surface area contributed by atoms with Crippen LogP contribution >= 0.6 is 28.1 Å². The van der Waals surface area contributed by atoms with E-state index in [4.69, 9.17) is 33.9 Å². The number of nitrogens with zero attached hydrogens (tertiary/aromatic N) is 6. The highest BCUT2D eigenvalue weighted by molar-refractivity contribution is 9.10. The first-order valence-corrected chi connectivity index (χ1v) is 29.4. The van der Waals surface area contributed by atoms with E-state index in [0.717, 1.165) is 42.5 Å². The number of aryl methyl sites for hydroxylation is 2. The molecular weight excluding hydrogens is 1340 g/mol. The number of benzene rings is 5. The molecule has 520 valence electrons. The number of carbonyl (C=O) groups excluding carboxylic acids is 2. The standard InChI is InChI=1S/C14H14F2N4O2.C13H14F2N4.C10H10F2N2O.C10H10F2N2S.C6H4BrF2N.C4H9NO2.C3H8N2O.6H2/c1-4-8-18-19-13-14(2,3)17-7-5-6(15)9(12(21)22)10(16)11(7)20(8)13;1-4-10-17-18-12-13(2,3)16-9-6-7(14)5-8(15)11(9)19(10)12;2*1-10(2)9(15)13-8-6(12)3-5(11)4-7(8)14-10;7-4-1-3(8)2-5(9)6(4)10;1-4(2,5)3(6)7;1-2-3(6)5-4;;;;;;/h5,17H,4H2,1-3H3,(H,21,22);5-6,16H,4H2,1-3H3;2*3-4,14H,1-2H3,(H,13,15);1-2H,10H2;5H2,1-2H3,(H,6,7);2,4H2,1H3,(H,5,6);6*1H. The minimum absolute atomic E-state index is 0. The Balaban J connectivity index is 0. The van der Waals surface area contributed by atoms with Crippen molar-refractivity contribution in [3.63, 3.8) is 0 Å². The van der Waals surface area contributed by atoms with E-state index in [0.29, 0.717) is 58.9 Å². The number of anilines is 7. The van der Waals surface area contributed by atoms with Gasteiger partial charge in [-0.15, -0.1) is 20.4 Å². The second-order valence-corrected chi connectivity index (χ2v) is 24.8. The fraction of sp³-hybridized carbons (Fsp3) is 0.350. The van der Waals surface area contributed by atoms with Gasteiger partial charge in [0.1, 0.15) is 85.2 Å². The Hall–Kier alpha value is -9.15. The molecule has 0 saturated heterocycles. The zero-order valence-corrected chi connectivity index (χ0v) is 55.2. The summed E-state index contributed by atoms with van der Waals surface area (Å²) in [6.07, 6.45) is 1.55. The van der Waals surface area contributed by atoms with Crippen LogP contribution in [-0.4, -0.2) is 85.1 Å². The number of nitrogens with two attached hydrogens (primary N) is 3. The van der Waals surface area contributed by atoms with Crippen LogP contribution in [0, 0.1) is 58.2 Å². The van der Waals surface area contributed by atoms with Crippen LogP contribution in [0.2, 0.25) is 0 Å². The lowest BCUT2D eigenvalue weighted by Crippen LogP contribution is -2.47. The number of aromatic nitrogens is 6. The molecule has 2 amide bonds. The largest absolute Gasteiger partial charge is 0.480 e. The molecule has 4 aliphatic heterocycles. The normalized spacial score (nSPS) is 14.7. The smallest absolute Gasteiger partial charge is 0.341 e. The molecule has 0 radical (unpaired) electrons. The number of aromatic carboxylic acids is 1. The summed E-state index contributed by atoms with van der Waals surface area (Å²) in [4.78, 5) is 42.9. The minimum Gasteiger partial charge on any atom is -0.480 e. The lowest BCUT2D eigenvalue weighted by atomic mass is 9.98. The third-order valence-electron chi connectivity index (χ3n) is 13.7. The quantitative estimate of drug-likeness (QED) is 0.0190. The molecule has 6 heterocycles. The molecule has 4 aliphatic rings. The molecule has 94 heavy (non-hydrogen) atoms. The number of carboxylic acid groups (broad SMARTS) is 2. The molecule has 7 aromatic rings. The van der Waals surface area contributed by atoms with Gasteiger partial charge in [0.15, 0.2) is 34.9 Å². The predicted molar refractivity (Wildman–Crippen MR) is 354 cm³/mol. The zero-order valence-electron chi connectivity index (χ0n) is 52.8. The first-order valence-electron chi connectivity index (χ1n) is 28.2. The van der Waals surface area contributed by atoms with Crippen LogP contribution in [0.25, 0.3) is 11.4 Å². The highest BCUT2D eigenvalue weighted by atomic mass is 79.9. The van der Waals surface area contributed by atoms with Crippen LogP contribution in [0.4, 0.5) is 83.7 Å². The van der Waals surface area contributed by atoms with E-state index in [9.17, 15) is 63.1 Å². The number of nitrogens with one attached hydrogen (secondary N) is 7. The van der Waals surface area contributed by atoms with Gasteiger partial charge in [-0.25, -0.2) is 54.5 Å². The number of hydrogen-bond donors (Lipinski definition) is 12. The lowest BCUT2D eigenvalue weighted by molar-refractivity contribution is -0.142. The Morgan fingerprint density at radius 1 is 0.596 bits per heavy atom. The van der Waals surface area contributed by atoms with Crippen molar-refractivity contribution in [3.8, 4) is 11.4 Å². The summed E-state index contributed by atoms with van der Waals surface area (Å²) < 4.78 is 137. The summed E-state index contributed by atoms with van der Waals surface area (Å²) in [6.45, 7) is 22.7.